The van der Waals surface area contributed by atoms with Gasteiger partial charge in [-0.25, -0.2) is 0 Å². The molecule has 1 aromatic heterocycles. The normalized spacial score (nSPS) is 19.7. The highest BCUT2D eigenvalue weighted by Gasteiger charge is 2.20. The predicted octanol–water partition coefficient (Wildman–Crippen LogP) is 7.35. The van der Waals surface area contributed by atoms with E-state index in [4.69, 9.17) is 9.72 Å². The third kappa shape index (κ3) is 6.82. The average molecular weight is 392 g/mol. The Hall–Kier alpha value is -1.93. The van der Waals surface area contributed by atoms with E-state index in [2.05, 4.69) is 61.7 Å². The maximum absolute atomic E-state index is 5.11. The summed E-state index contributed by atoms with van der Waals surface area (Å²) in [4.78, 5) is 4.72. The number of hydrogen-bond donors (Lipinski definition) is 0. The molecule has 0 N–H and O–H groups in total. The number of methoxy groups -OCH3 is 1. The maximum atomic E-state index is 5.11. The molecule has 0 saturated heterocycles. The van der Waals surface area contributed by atoms with Crippen molar-refractivity contribution in [3.63, 3.8) is 0 Å². The summed E-state index contributed by atoms with van der Waals surface area (Å²) in [6, 6.07) is 13.6. The summed E-state index contributed by atoms with van der Waals surface area (Å²) in [6.45, 7) is 2.99. The Morgan fingerprint density at radius 3 is 2.41 bits per heavy atom. The summed E-state index contributed by atoms with van der Waals surface area (Å²) in [5.41, 5.74) is 5.15. The molecule has 1 saturated carbocycles. The number of unbranched alkanes of at least 4 members (excludes halogenated alkanes) is 3. The van der Waals surface area contributed by atoms with E-state index in [1.807, 2.05) is 0 Å². The van der Waals surface area contributed by atoms with Gasteiger partial charge < -0.3 is 4.74 Å². The van der Waals surface area contributed by atoms with Gasteiger partial charge in [-0.15, -0.1) is 0 Å². The Balaban J connectivity index is 1.51. The van der Waals surface area contributed by atoms with Crippen LogP contribution in [-0.4, -0.2) is 18.7 Å². The van der Waals surface area contributed by atoms with Gasteiger partial charge in [-0.3, -0.25) is 4.98 Å². The van der Waals surface area contributed by atoms with E-state index < -0.39 is 0 Å². The highest BCUT2D eigenvalue weighted by Crippen LogP contribution is 2.36. The van der Waals surface area contributed by atoms with Crippen LogP contribution in [-0.2, 0) is 11.2 Å². The Bertz CT molecular complexity index is 724. The quantitative estimate of drug-likeness (QED) is 0.312. The first-order valence-electron chi connectivity index (χ1n) is 11.5. The fourth-order valence-corrected chi connectivity index (χ4v) is 4.41. The summed E-state index contributed by atoms with van der Waals surface area (Å²) in [5, 5.41) is 0. The van der Waals surface area contributed by atoms with Gasteiger partial charge >= 0.3 is 0 Å². The Labute approximate surface area is 177 Å². The monoisotopic (exact) mass is 391 g/mol. The van der Waals surface area contributed by atoms with Gasteiger partial charge in [0.05, 0.1) is 12.3 Å². The molecule has 2 nitrogen and oxygen atoms in total. The topological polar surface area (TPSA) is 22.1 Å². The van der Waals surface area contributed by atoms with Crippen molar-refractivity contribution in [3.8, 4) is 11.3 Å². The zero-order chi connectivity index (χ0) is 20.3. The van der Waals surface area contributed by atoms with Crippen molar-refractivity contribution >= 4 is 0 Å². The van der Waals surface area contributed by atoms with Crippen LogP contribution in [0.2, 0.25) is 0 Å². The molecule has 0 atom stereocenters. The second kappa shape index (κ2) is 11.9. The van der Waals surface area contributed by atoms with Crippen LogP contribution < -0.4 is 0 Å². The molecular weight excluding hydrogens is 354 g/mol. The lowest BCUT2D eigenvalue weighted by Gasteiger charge is -2.27. The average Bonchev–Trinajstić information content (AvgIpc) is 2.78. The minimum atomic E-state index is 0.703. The van der Waals surface area contributed by atoms with Gasteiger partial charge in [0.1, 0.15) is 0 Å². The van der Waals surface area contributed by atoms with Crippen LogP contribution in [0, 0.1) is 5.92 Å². The summed E-state index contributed by atoms with van der Waals surface area (Å²) in [5.74, 6) is 1.43. The third-order valence-electron chi connectivity index (χ3n) is 6.26. The van der Waals surface area contributed by atoms with E-state index in [1.54, 1.807) is 7.11 Å². The molecule has 0 radical (unpaired) electrons. The Morgan fingerprint density at radius 2 is 1.76 bits per heavy atom. The highest BCUT2D eigenvalue weighted by atomic mass is 16.5. The smallest absolute Gasteiger partial charge is 0.0702 e. The van der Waals surface area contributed by atoms with Gasteiger partial charge in [0, 0.05) is 18.9 Å². The van der Waals surface area contributed by atoms with Crippen LogP contribution in [0.4, 0.5) is 0 Å². The van der Waals surface area contributed by atoms with Crippen molar-refractivity contribution in [1.29, 1.82) is 0 Å². The molecule has 0 bridgehead atoms. The van der Waals surface area contributed by atoms with E-state index in [1.165, 1.54) is 68.1 Å². The first-order chi connectivity index (χ1) is 14.3. The summed E-state index contributed by atoms with van der Waals surface area (Å²) >= 11 is 0. The van der Waals surface area contributed by atoms with Crippen LogP contribution >= 0.6 is 0 Å². The lowest BCUT2D eigenvalue weighted by Crippen LogP contribution is -2.11. The van der Waals surface area contributed by atoms with E-state index in [0.717, 1.165) is 24.6 Å². The highest BCUT2D eigenvalue weighted by molar-refractivity contribution is 5.59. The fraction of sp³-hybridized carbons (Fsp3) is 0.519. The van der Waals surface area contributed by atoms with E-state index in [0.29, 0.717) is 5.92 Å². The molecule has 0 aliphatic heterocycles. The summed E-state index contributed by atoms with van der Waals surface area (Å²) in [7, 11) is 1.75. The number of aromatic nitrogens is 1. The Morgan fingerprint density at radius 1 is 0.966 bits per heavy atom. The number of pyridine rings is 1. The SMILES string of the molecule is CCCCCCc1ccc(-c2ccc(C3CCC(C=CCOC)CC3)cc2)nc1. The number of ether oxygens (including phenoxy) is 1. The van der Waals surface area contributed by atoms with Gasteiger partial charge in [-0.2, -0.15) is 0 Å². The van der Waals surface area contributed by atoms with Crippen molar-refractivity contribution in [3.05, 3.63) is 65.9 Å². The third-order valence-corrected chi connectivity index (χ3v) is 6.26. The molecule has 0 unspecified atom stereocenters. The first kappa shape index (κ1) is 21.8. The lowest BCUT2D eigenvalue weighted by molar-refractivity contribution is 0.233. The van der Waals surface area contributed by atoms with Gasteiger partial charge in [0.15, 0.2) is 0 Å². The van der Waals surface area contributed by atoms with Gasteiger partial charge in [0.25, 0.3) is 0 Å². The molecule has 0 spiro atoms. The molecule has 0 amide bonds. The zero-order valence-electron chi connectivity index (χ0n) is 18.3. The number of benzene rings is 1. The van der Waals surface area contributed by atoms with Gasteiger partial charge in [-0.05, 0) is 67.6 Å². The van der Waals surface area contributed by atoms with Gasteiger partial charge in [0.2, 0.25) is 0 Å². The lowest BCUT2D eigenvalue weighted by atomic mass is 9.78. The van der Waals surface area contributed by atoms with Crippen LogP contribution in [0.3, 0.4) is 0 Å². The molecule has 1 heterocycles. The molecule has 156 valence electrons. The van der Waals surface area contributed by atoms with E-state index in [-0.39, 0.29) is 0 Å². The zero-order valence-corrected chi connectivity index (χ0v) is 18.3. The minimum absolute atomic E-state index is 0.703. The van der Waals surface area contributed by atoms with E-state index in [9.17, 15) is 0 Å². The summed E-state index contributed by atoms with van der Waals surface area (Å²) in [6.07, 6.45) is 18.1. The second-order valence-corrected chi connectivity index (χ2v) is 8.48. The van der Waals surface area contributed by atoms with Crippen LogP contribution in [0.1, 0.15) is 75.3 Å². The predicted molar refractivity (Wildman–Crippen MR) is 123 cm³/mol. The molecule has 1 aromatic carbocycles. The fourth-order valence-electron chi connectivity index (χ4n) is 4.41. The van der Waals surface area contributed by atoms with E-state index >= 15 is 0 Å². The number of nitrogens with zero attached hydrogens (tertiary/aromatic N) is 1. The molecule has 1 aliphatic rings. The molecule has 2 heteroatoms. The molecule has 1 aliphatic carbocycles. The number of rotatable bonds is 10. The van der Waals surface area contributed by atoms with Crippen molar-refractivity contribution in [2.24, 2.45) is 5.92 Å². The number of hydrogen-bond acceptors (Lipinski definition) is 2. The maximum Gasteiger partial charge on any atom is 0.0702 e. The largest absolute Gasteiger partial charge is 0.381 e. The standard InChI is InChI=1S/C27H37NO/c1-3-4-5-6-8-23-12-19-27(28-21-23)26-17-15-25(16-18-26)24-13-10-22(11-14-24)9-7-20-29-2/h7,9,12,15-19,21-22,24H,3-6,8,10-11,13-14,20H2,1-2H3. The molecule has 3 rings (SSSR count). The molecule has 29 heavy (non-hydrogen) atoms. The van der Waals surface area contributed by atoms with Crippen LogP contribution in [0.25, 0.3) is 11.3 Å². The second-order valence-electron chi connectivity index (χ2n) is 8.48. The number of aryl methyl sites for hydroxylation is 1. The van der Waals surface area contributed by atoms with Crippen molar-refractivity contribution < 1.29 is 4.74 Å². The first-order valence-corrected chi connectivity index (χ1v) is 11.5. The Kier molecular flexibility index (Phi) is 8.95. The van der Waals surface area contributed by atoms with Gasteiger partial charge in [-0.1, -0.05) is 68.7 Å². The van der Waals surface area contributed by atoms with Crippen LogP contribution in [0.5, 0.6) is 0 Å². The minimum Gasteiger partial charge on any atom is -0.381 e. The molecule has 1 fully saturated rings. The van der Waals surface area contributed by atoms with Crippen molar-refractivity contribution in [2.75, 3.05) is 13.7 Å². The molecular formula is C27H37NO. The van der Waals surface area contributed by atoms with Crippen molar-refractivity contribution in [1.82, 2.24) is 4.98 Å². The summed E-state index contributed by atoms with van der Waals surface area (Å²) < 4.78 is 5.11. The molecule has 2 aromatic rings. The number of allylic oxidation sites excluding steroid dienone is 1. The van der Waals surface area contributed by atoms with Crippen molar-refractivity contribution in [2.45, 2.75) is 70.6 Å². The van der Waals surface area contributed by atoms with Crippen LogP contribution in [0.15, 0.2) is 54.7 Å².